The number of nitrogens with zero attached hydrogens (tertiary/aromatic N) is 2. The molecule has 0 radical (unpaired) electrons. The third-order valence-corrected chi connectivity index (χ3v) is 5.19. The quantitative estimate of drug-likeness (QED) is 0.655. The second-order valence-corrected chi connectivity index (χ2v) is 7.14. The molecule has 6 nitrogen and oxygen atoms in total. The lowest BCUT2D eigenvalue weighted by Gasteiger charge is -2.33. The molecular weight excluding hydrogens is 368 g/mol. The molecule has 150 valence electrons. The van der Waals surface area contributed by atoms with E-state index < -0.39 is 0 Å². The molecule has 0 saturated carbocycles. The molecule has 2 aromatic carbocycles. The SMILES string of the molecule is Cc1noc(C)c1COc1ccc(C(=O)N2CCOC(c3ccccc3)C2)cc1. The lowest BCUT2D eigenvalue weighted by molar-refractivity contribution is -0.0228. The summed E-state index contributed by atoms with van der Waals surface area (Å²) in [6, 6.07) is 17.3. The van der Waals surface area contributed by atoms with E-state index in [-0.39, 0.29) is 12.0 Å². The maximum Gasteiger partial charge on any atom is 0.254 e. The van der Waals surface area contributed by atoms with Crippen molar-refractivity contribution in [3.8, 4) is 5.75 Å². The summed E-state index contributed by atoms with van der Waals surface area (Å²) in [6.07, 6.45) is -0.0912. The molecule has 1 aromatic heterocycles. The molecule has 3 aromatic rings. The van der Waals surface area contributed by atoms with Gasteiger partial charge in [-0.1, -0.05) is 35.5 Å². The Kier molecular flexibility index (Phi) is 5.62. The highest BCUT2D eigenvalue weighted by molar-refractivity contribution is 5.94. The number of hydrogen-bond acceptors (Lipinski definition) is 5. The first-order chi connectivity index (χ1) is 14.1. The Morgan fingerprint density at radius 1 is 1.14 bits per heavy atom. The van der Waals surface area contributed by atoms with Crippen LogP contribution >= 0.6 is 0 Å². The number of ether oxygens (including phenoxy) is 2. The van der Waals surface area contributed by atoms with Gasteiger partial charge in [0.05, 0.1) is 24.4 Å². The van der Waals surface area contributed by atoms with Crippen molar-refractivity contribution >= 4 is 5.91 Å². The maximum absolute atomic E-state index is 12.9. The molecule has 2 heterocycles. The van der Waals surface area contributed by atoms with Gasteiger partial charge in [0.2, 0.25) is 0 Å². The average molecular weight is 392 g/mol. The highest BCUT2D eigenvalue weighted by Crippen LogP contribution is 2.24. The van der Waals surface area contributed by atoms with Crippen LogP contribution in [0.4, 0.5) is 0 Å². The summed E-state index contributed by atoms with van der Waals surface area (Å²) in [4.78, 5) is 14.8. The molecular formula is C23H24N2O4. The van der Waals surface area contributed by atoms with E-state index in [1.807, 2.05) is 61.2 Å². The predicted octanol–water partition coefficient (Wildman–Crippen LogP) is 4.08. The highest BCUT2D eigenvalue weighted by Gasteiger charge is 2.26. The van der Waals surface area contributed by atoms with E-state index in [4.69, 9.17) is 14.0 Å². The lowest BCUT2D eigenvalue weighted by atomic mass is 10.1. The van der Waals surface area contributed by atoms with E-state index in [2.05, 4.69) is 5.16 Å². The van der Waals surface area contributed by atoms with Crippen LogP contribution in [0.25, 0.3) is 0 Å². The normalized spacial score (nSPS) is 16.6. The Hall–Kier alpha value is -3.12. The summed E-state index contributed by atoms with van der Waals surface area (Å²) in [6.45, 7) is 5.81. The molecule has 1 unspecified atom stereocenters. The number of morpholine rings is 1. The van der Waals surface area contributed by atoms with Crippen LogP contribution in [-0.4, -0.2) is 35.7 Å². The number of rotatable bonds is 5. The smallest absolute Gasteiger partial charge is 0.254 e. The third kappa shape index (κ3) is 4.32. The van der Waals surface area contributed by atoms with E-state index >= 15 is 0 Å². The molecule has 1 atom stereocenters. The van der Waals surface area contributed by atoms with Crippen molar-refractivity contribution < 1.29 is 18.8 Å². The molecule has 0 aliphatic carbocycles. The van der Waals surface area contributed by atoms with Crippen molar-refractivity contribution in [1.82, 2.24) is 10.1 Å². The summed E-state index contributed by atoms with van der Waals surface area (Å²) >= 11 is 0. The summed E-state index contributed by atoms with van der Waals surface area (Å²) < 4.78 is 16.8. The van der Waals surface area contributed by atoms with Crippen LogP contribution in [0.2, 0.25) is 0 Å². The number of amides is 1. The van der Waals surface area contributed by atoms with Crippen LogP contribution in [0.3, 0.4) is 0 Å². The van der Waals surface area contributed by atoms with Gasteiger partial charge >= 0.3 is 0 Å². The summed E-state index contributed by atoms with van der Waals surface area (Å²) in [7, 11) is 0. The fourth-order valence-corrected chi connectivity index (χ4v) is 3.44. The number of carbonyl (C=O) groups excluding carboxylic acids is 1. The first-order valence-electron chi connectivity index (χ1n) is 9.72. The van der Waals surface area contributed by atoms with Crippen LogP contribution in [0.15, 0.2) is 59.1 Å². The van der Waals surface area contributed by atoms with Gasteiger partial charge in [-0.3, -0.25) is 4.79 Å². The minimum absolute atomic E-state index is 0.00602. The first kappa shape index (κ1) is 19.2. The van der Waals surface area contributed by atoms with Crippen molar-refractivity contribution in [2.75, 3.05) is 19.7 Å². The van der Waals surface area contributed by atoms with Gasteiger partial charge in [0, 0.05) is 12.1 Å². The fraction of sp³-hybridized carbons (Fsp3) is 0.304. The van der Waals surface area contributed by atoms with Gasteiger partial charge in [0.25, 0.3) is 5.91 Å². The van der Waals surface area contributed by atoms with Crippen LogP contribution in [0.1, 0.15) is 39.0 Å². The van der Waals surface area contributed by atoms with Crippen LogP contribution in [0, 0.1) is 13.8 Å². The largest absolute Gasteiger partial charge is 0.489 e. The predicted molar refractivity (Wildman–Crippen MR) is 108 cm³/mol. The van der Waals surface area contributed by atoms with Gasteiger partial charge in [-0.25, -0.2) is 0 Å². The van der Waals surface area contributed by atoms with Gasteiger partial charge in [0.1, 0.15) is 24.2 Å². The van der Waals surface area contributed by atoms with E-state index in [9.17, 15) is 4.79 Å². The second kappa shape index (κ2) is 8.49. The van der Waals surface area contributed by atoms with Crippen LogP contribution in [-0.2, 0) is 11.3 Å². The van der Waals surface area contributed by atoms with Gasteiger partial charge < -0.3 is 18.9 Å². The Labute approximate surface area is 170 Å². The van der Waals surface area contributed by atoms with E-state index in [0.29, 0.717) is 37.6 Å². The monoisotopic (exact) mass is 392 g/mol. The van der Waals surface area contributed by atoms with E-state index in [1.54, 1.807) is 12.1 Å². The maximum atomic E-state index is 12.9. The van der Waals surface area contributed by atoms with E-state index in [1.165, 1.54) is 0 Å². The second-order valence-electron chi connectivity index (χ2n) is 7.14. The molecule has 0 N–H and O–H groups in total. The number of hydrogen-bond donors (Lipinski definition) is 0. The van der Waals surface area contributed by atoms with Crippen molar-refractivity contribution in [3.05, 3.63) is 82.7 Å². The van der Waals surface area contributed by atoms with Crippen LogP contribution < -0.4 is 4.74 Å². The van der Waals surface area contributed by atoms with Gasteiger partial charge in [-0.2, -0.15) is 0 Å². The molecule has 29 heavy (non-hydrogen) atoms. The minimum atomic E-state index is -0.0912. The van der Waals surface area contributed by atoms with Gasteiger partial charge in [-0.15, -0.1) is 0 Å². The van der Waals surface area contributed by atoms with E-state index in [0.717, 1.165) is 22.6 Å². The highest BCUT2D eigenvalue weighted by atomic mass is 16.5. The summed E-state index contributed by atoms with van der Waals surface area (Å²) in [5.41, 5.74) is 3.51. The first-order valence-corrected chi connectivity index (χ1v) is 9.72. The Morgan fingerprint density at radius 2 is 1.90 bits per heavy atom. The van der Waals surface area contributed by atoms with Gasteiger partial charge in [0.15, 0.2) is 0 Å². The number of benzene rings is 2. The molecule has 1 aliphatic heterocycles. The molecule has 1 aliphatic rings. The van der Waals surface area contributed by atoms with Crippen LogP contribution in [0.5, 0.6) is 5.75 Å². The zero-order chi connectivity index (χ0) is 20.2. The van der Waals surface area contributed by atoms with Crippen molar-refractivity contribution in [3.63, 3.8) is 0 Å². The summed E-state index contributed by atoms with van der Waals surface area (Å²) in [5, 5.41) is 3.93. The number of carbonyl (C=O) groups is 1. The zero-order valence-electron chi connectivity index (χ0n) is 16.6. The lowest BCUT2D eigenvalue weighted by Crippen LogP contribution is -2.42. The molecule has 6 heteroatoms. The van der Waals surface area contributed by atoms with Gasteiger partial charge in [-0.05, 0) is 43.7 Å². The number of aryl methyl sites for hydroxylation is 2. The van der Waals surface area contributed by atoms with Crippen molar-refractivity contribution in [2.45, 2.75) is 26.6 Å². The molecule has 0 spiro atoms. The Morgan fingerprint density at radius 3 is 2.59 bits per heavy atom. The molecule has 4 rings (SSSR count). The average Bonchev–Trinajstić information content (AvgIpc) is 3.10. The molecule has 0 bridgehead atoms. The number of aromatic nitrogens is 1. The molecule has 1 saturated heterocycles. The Balaban J connectivity index is 1.39. The van der Waals surface area contributed by atoms with Crippen molar-refractivity contribution in [2.24, 2.45) is 0 Å². The molecule has 1 fully saturated rings. The third-order valence-electron chi connectivity index (χ3n) is 5.19. The Bertz CT molecular complexity index is 947. The minimum Gasteiger partial charge on any atom is -0.489 e. The van der Waals surface area contributed by atoms with Crippen molar-refractivity contribution in [1.29, 1.82) is 0 Å². The standard InChI is InChI=1S/C23H24N2O4/c1-16-21(17(2)29-24-16)15-28-20-10-8-19(9-11-20)23(26)25-12-13-27-22(14-25)18-6-4-3-5-7-18/h3-11,22H,12-15H2,1-2H3. The fourth-order valence-electron chi connectivity index (χ4n) is 3.44. The zero-order valence-corrected chi connectivity index (χ0v) is 16.6. The summed E-state index contributed by atoms with van der Waals surface area (Å²) in [5.74, 6) is 1.46. The topological polar surface area (TPSA) is 64.8 Å². The molecule has 1 amide bonds.